The minimum absolute atomic E-state index is 0.0523. The van der Waals surface area contributed by atoms with Crippen molar-refractivity contribution < 1.29 is 59.1 Å². The van der Waals surface area contributed by atoms with Crippen LogP contribution in [0.25, 0.3) is 0 Å². The third kappa shape index (κ3) is 6.11. The second-order valence-corrected chi connectivity index (χ2v) is 16.7. The van der Waals surface area contributed by atoms with Crippen LogP contribution in [0.4, 0.5) is 0 Å². The lowest BCUT2D eigenvalue weighted by atomic mass is 9.88. The first-order valence-corrected chi connectivity index (χ1v) is 20.0. The van der Waals surface area contributed by atoms with Gasteiger partial charge in [0.05, 0.1) is 20.9 Å². The van der Waals surface area contributed by atoms with Crippen molar-refractivity contribution in [1.29, 1.82) is 0 Å². The van der Waals surface area contributed by atoms with Crippen molar-refractivity contribution in [3.05, 3.63) is 166 Å². The highest BCUT2D eigenvalue weighted by Crippen LogP contribution is 2.43. The van der Waals surface area contributed by atoms with E-state index in [2.05, 4.69) is 0 Å². The molecule has 57 heavy (non-hydrogen) atoms. The van der Waals surface area contributed by atoms with Gasteiger partial charge in [0.2, 0.25) is 37.0 Å². The first kappa shape index (κ1) is 38.9. The van der Waals surface area contributed by atoms with E-state index in [0.29, 0.717) is 0 Å². The Hall–Kier alpha value is -6.39. The van der Waals surface area contributed by atoms with E-state index >= 15 is 0 Å². The normalized spacial score (nSPS) is 13.5. The molecule has 0 aliphatic heterocycles. The summed E-state index contributed by atoms with van der Waals surface area (Å²) < 4.78 is 75.4. The Morgan fingerprint density at radius 2 is 0.877 bits per heavy atom. The Labute approximate surface area is 325 Å². The molecule has 2 aliphatic rings. The average molecular weight is 807 g/mol. The van der Waals surface area contributed by atoms with Crippen LogP contribution in [0.1, 0.15) is 94.2 Å². The molecule has 0 fully saturated rings. The van der Waals surface area contributed by atoms with Gasteiger partial charge in [0.25, 0.3) is 0 Å². The number of furan rings is 2. The van der Waals surface area contributed by atoms with Gasteiger partial charge in [-0.1, -0.05) is 84.9 Å². The van der Waals surface area contributed by atoms with Crippen LogP contribution in [0.5, 0.6) is 0 Å². The molecule has 288 valence electrons. The molecule has 2 aliphatic carbocycles. The van der Waals surface area contributed by atoms with Crippen LogP contribution in [-0.2, 0) is 34.9 Å². The SMILES string of the molecule is CC(=O)c1oc2c(c1S(=O)(=O)c1ccccc1)C(=O)c1ccccc1C2=O.COC(C)(OC)c1oc2c(c1S(=O)(=O)c1ccccc1)C(=O)c1ccccc1C2=O. The summed E-state index contributed by atoms with van der Waals surface area (Å²) in [6.45, 7) is 2.57. The fourth-order valence-electron chi connectivity index (χ4n) is 6.58. The highest BCUT2D eigenvalue weighted by Gasteiger charge is 2.47. The first-order valence-electron chi connectivity index (χ1n) is 17.0. The van der Waals surface area contributed by atoms with Gasteiger partial charge in [-0.05, 0) is 31.2 Å². The maximum absolute atomic E-state index is 13.6. The molecule has 0 atom stereocenters. The highest BCUT2D eigenvalue weighted by molar-refractivity contribution is 7.92. The van der Waals surface area contributed by atoms with Gasteiger partial charge in [0.15, 0.2) is 40.4 Å². The molecular weight excluding hydrogens is 777 g/mol. The van der Waals surface area contributed by atoms with Crippen molar-refractivity contribution in [1.82, 2.24) is 0 Å². The molecule has 2 aromatic heterocycles. The summed E-state index contributed by atoms with van der Waals surface area (Å²) >= 11 is 0. The molecule has 8 rings (SSSR count). The van der Waals surface area contributed by atoms with Crippen molar-refractivity contribution >= 4 is 48.6 Å². The van der Waals surface area contributed by atoms with Crippen molar-refractivity contribution in [2.45, 2.75) is 39.2 Å². The molecule has 13 nitrogen and oxygen atoms in total. The van der Waals surface area contributed by atoms with Crippen LogP contribution in [0, 0.1) is 0 Å². The minimum Gasteiger partial charge on any atom is -0.450 e. The predicted octanol–water partition coefficient (Wildman–Crippen LogP) is 6.44. The lowest BCUT2D eigenvalue weighted by Gasteiger charge is -2.25. The van der Waals surface area contributed by atoms with Gasteiger partial charge in [-0.2, -0.15) is 0 Å². The Morgan fingerprint density at radius 1 is 0.526 bits per heavy atom. The van der Waals surface area contributed by atoms with Gasteiger partial charge in [-0.3, -0.25) is 24.0 Å². The summed E-state index contributed by atoms with van der Waals surface area (Å²) in [5.74, 6) is -6.37. The van der Waals surface area contributed by atoms with Gasteiger partial charge in [0.1, 0.15) is 9.79 Å². The van der Waals surface area contributed by atoms with E-state index in [1.807, 2.05) is 0 Å². The largest absolute Gasteiger partial charge is 0.450 e. The Balaban J connectivity index is 0.000000175. The molecular formula is C42H30O13S2. The molecule has 0 N–H and O–H groups in total. The number of ketones is 5. The molecule has 2 heterocycles. The number of Topliss-reactive ketones (excluding diaryl/α,β-unsaturated/α-hetero) is 1. The van der Waals surface area contributed by atoms with Crippen molar-refractivity contribution in [3.8, 4) is 0 Å². The number of rotatable bonds is 8. The standard InChI is InChI=1S/C22H18O7S.C20H12O6S/c1-22(27-2,28-3)21-20(30(25,26)13-9-5-4-6-10-13)16-17(23)14-11-7-8-12-15(14)18(24)19(16)29-21;1-11(21)18-20(27(24,25)12-7-3-2-4-8-12)15-16(22)13-9-5-6-10-14(13)17(23)19(15)26-18/h4-12H,1-3H3;2-10H,1H3. The number of methoxy groups -OCH3 is 2. The topological polar surface area (TPSA) is 198 Å². The zero-order valence-electron chi connectivity index (χ0n) is 30.5. The van der Waals surface area contributed by atoms with Crippen LogP contribution >= 0.6 is 0 Å². The van der Waals surface area contributed by atoms with E-state index in [9.17, 15) is 40.8 Å². The lowest BCUT2D eigenvalue weighted by Crippen LogP contribution is -2.28. The second kappa shape index (κ2) is 14.3. The van der Waals surface area contributed by atoms with E-state index in [1.54, 1.807) is 48.5 Å². The molecule has 0 amide bonds. The molecule has 15 heteroatoms. The summed E-state index contributed by atoms with van der Waals surface area (Å²) in [6, 6.07) is 27.3. The van der Waals surface area contributed by atoms with Gasteiger partial charge in [0, 0.05) is 43.4 Å². The molecule has 0 bridgehead atoms. The molecule has 0 radical (unpaired) electrons. The van der Waals surface area contributed by atoms with Crippen molar-refractivity contribution in [2.75, 3.05) is 14.2 Å². The van der Waals surface area contributed by atoms with Gasteiger partial charge in [-0.15, -0.1) is 0 Å². The summed E-state index contributed by atoms with van der Waals surface area (Å²) in [5, 5.41) is 0. The van der Waals surface area contributed by atoms with E-state index in [4.69, 9.17) is 18.3 Å². The van der Waals surface area contributed by atoms with Crippen molar-refractivity contribution in [3.63, 3.8) is 0 Å². The summed E-state index contributed by atoms with van der Waals surface area (Å²) in [4.78, 5) is 63.1. The van der Waals surface area contributed by atoms with Crippen LogP contribution in [0.3, 0.4) is 0 Å². The van der Waals surface area contributed by atoms with E-state index in [0.717, 1.165) is 6.92 Å². The summed E-state index contributed by atoms with van der Waals surface area (Å²) in [5.41, 5.74) is -0.234. The highest BCUT2D eigenvalue weighted by atomic mass is 32.2. The molecule has 0 unspecified atom stereocenters. The van der Waals surface area contributed by atoms with Crippen LogP contribution < -0.4 is 0 Å². The number of carbonyl (C=O) groups excluding carboxylic acids is 5. The van der Waals surface area contributed by atoms with Crippen LogP contribution in [0.2, 0.25) is 0 Å². The Bertz CT molecular complexity index is 2900. The summed E-state index contributed by atoms with van der Waals surface area (Å²) in [7, 11) is -5.90. The number of sulfone groups is 2. The molecule has 4 aromatic carbocycles. The van der Waals surface area contributed by atoms with E-state index in [-0.39, 0.29) is 54.7 Å². The third-order valence-electron chi connectivity index (χ3n) is 9.58. The Morgan fingerprint density at radius 3 is 1.28 bits per heavy atom. The number of benzene rings is 4. The lowest BCUT2D eigenvalue weighted by molar-refractivity contribution is -0.214. The quantitative estimate of drug-likeness (QED) is 0.120. The number of carbonyl (C=O) groups is 5. The third-order valence-corrected chi connectivity index (χ3v) is 13.2. The number of ether oxygens (including phenoxy) is 2. The monoisotopic (exact) mass is 806 g/mol. The van der Waals surface area contributed by atoms with Crippen LogP contribution in [0.15, 0.2) is 138 Å². The first-order chi connectivity index (χ1) is 27.1. The number of fused-ring (bicyclic) bond motifs is 4. The average Bonchev–Trinajstić information content (AvgIpc) is 3.86. The van der Waals surface area contributed by atoms with E-state index < -0.39 is 75.7 Å². The molecule has 0 saturated carbocycles. The van der Waals surface area contributed by atoms with Crippen molar-refractivity contribution in [2.24, 2.45) is 0 Å². The maximum Gasteiger partial charge on any atom is 0.229 e. The predicted molar refractivity (Wildman–Crippen MR) is 199 cm³/mol. The van der Waals surface area contributed by atoms with Gasteiger partial charge < -0.3 is 18.3 Å². The fraction of sp³-hybridized carbons (Fsp3) is 0.119. The van der Waals surface area contributed by atoms with Crippen LogP contribution in [-0.4, -0.2) is 60.0 Å². The zero-order chi connectivity index (χ0) is 41.0. The molecule has 0 saturated heterocycles. The van der Waals surface area contributed by atoms with E-state index in [1.165, 1.54) is 81.8 Å². The molecule has 0 spiro atoms. The summed E-state index contributed by atoms with van der Waals surface area (Å²) in [6.07, 6.45) is 0. The maximum atomic E-state index is 13.6. The second-order valence-electron chi connectivity index (χ2n) is 12.9. The Kier molecular flexibility index (Phi) is 9.74. The number of hydrogen-bond donors (Lipinski definition) is 0. The fourth-order valence-corrected chi connectivity index (χ4v) is 9.89. The van der Waals surface area contributed by atoms with Gasteiger partial charge >= 0.3 is 0 Å². The minimum atomic E-state index is -4.26. The molecule has 6 aromatic rings. The zero-order valence-corrected chi connectivity index (χ0v) is 32.1. The number of hydrogen-bond acceptors (Lipinski definition) is 13. The van der Waals surface area contributed by atoms with Gasteiger partial charge in [-0.25, -0.2) is 16.8 Å². The smallest absolute Gasteiger partial charge is 0.229 e.